The maximum atomic E-state index is 2.47. The van der Waals surface area contributed by atoms with E-state index in [0.29, 0.717) is 5.92 Å². The van der Waals surface area contributed by atoms with Gasteiger partial charge in [0, 0.05) is 19.0 Å². The molecule has 0 bridgehead atoms. The first-order chi connectivity index (χ1) is 10.4. The number of allylic oxidation sites excluding steroid dienone is 1. The Hall–Kier alpha value is -2.02. The molecular formula is C20H23N. The molecule has 3 rings (SSSR count). The summed E-state index contributed by atoms with van der Waals surface area (Å²) in [5.74, 6) is 0.600. The third-order valence-corrected chi connectivity index (χ3v) is 4.34. The summed E-state index contributed by atoms with van der Waals surface area (Å²) < 4.78 is 0. The summed E-state index contributed by atoms with van der Waals surface area (Å²) in [5.41, 5.74) is 4.41. The van der Waals surface area contributed by atoms with Gasteiger partial charge in [-0.3, -0.25) is 0 Å². The molecule has 1 nitrogen and oxygen atoms in total. The van der Waals surface area contributed by atoms with Crippen LogP contribution in [0.2, 0.25) is 0 Å². The minimum Gasteiger partial charge on any atom is -0.373 e. The Kier molecular flexibility index (Phi) is 4.40. The number of rotatable bonds is 4. The lowest BCUT2D eigenvalue weighted by molar-refractivity contribution is 0.326. The summed E-state index contributed by atoms with van der Waals surface area (Å²) in [5, 5.41) is 0. The number of benzene rings is 2. The zero-order chi connectivity index (χ0) is 14.5. The standard InChI is InChI=1S/C20H23N/c1-2-18-16-21(15-17-9-5-3-6-10-17)14-13-20(18)19-11-7-4-8-12-19/h3-12,16,20H,2,13-15H2,1H3. The molecule has 1 aliphatic rings. The molecule has 0 radical (unpaired) electrons. The van der Waals surface area contributed by atoms with Crippen molar-refractivity contribution < 1.29 is 0 Å². The van der Waals surface area contributed by atoms with Crippen molar-refractivity contribution in [2.45, 2.75) is 32.2 Å². The van der Waals surface area contributed by atoms with Gasteiger partial charge in [0.2, 0.25) is 0 Å². The van der Waals surface area contributed by atoms with E-state index in [1.807, 2.05) is 0 Å². The summed E-state index contributed by atoms with van der Waals surface area (Å²) in [6, 6.07) is 21.7. The lowest BCUT2D eigenvalue weighted by Crippen LogP contribution is -2.26. The fourth-order valence-electron chi connectivity index (χ4n) is 3.22. The Morgan fingerprint density at radius 3 is 2.29 bits per heavy atom. The lowest BCUT2D eigenvalue weighted by atomic mass is 9.85. The molecule has 0 spiro atoms. The summed E-state index contributed by atoms with van der Waals surface area (Å²) in [4.78, 5) is 2.47. The predicted octanol–water partition coefficient (Wildman–Crippen LogP) is 4.97. The van der Waals surface area contributed by atoms with Gasteiger partial charge in [-0.1, -0.05) is 67.6 Å². The van der Waals surface area contributed by atoms with Gasteiger partial charge in [-0.05, 0) is 35.7 Å². The van der Waals surface area contributed by atoms with Crippen LogP contribution in [-0.2, 0) is 6.54 Å². The maximum Gasteiger partial charge on any atom is 0.0423 e. The lowest BCUT2D eigenvalue weighted by Gasteiger charge is -2.32. The second-order valence-corrected chi connectivity index (χ2v) is 5.77. The first-order valence-electron chi connectivity index (χ1n) is 7.90. The van der Waals surface area contributed by atoms with E-state index < -0.39 is 0 Å². The average molecular weight is 277 g/mol. The van der Waals surface area contributed by atoms with Crippen LogP contribution in [-0.4, -0.2) is 11.4 Å². The van der Waals surface area contributed by atoms with Gasteiger partial charge in [0.15, 0.2) is 0 Å². The quantitative estimate of drug-likeness (QED) is 0.762. The molecule has 0 amide bonds. The third-order valence-electron chi connectivity index (χ3n) is 4.34. The highest BCUT2D eigenvalue weighted by atomic mass is 15.1. The van der Waals surface area contributed by atoms with Crippen LogP contribution in [0.5, 0.6) is 0 Å². The first kappa shape index (κ1) is 13.9. The van der Waals surface area contributed by atoms with Gasteiger partial charge in [0.25, 0.3) is 0 Å². The van der Waals surface area contributed by atoms with Gasteiger partial charge in [-0.25, -0.2) is 0 Å². The van der Waals surface area contributed by atoms with Gasteiger partial charge in [0.05, 0.1) is 0 Å². The maximum absolute atomic E-state index is 2.47. The molecule has 2 aromatic rings. The molecule has 0 aliphatic carbocycles. The van der Waals surface area contributed by atoms with Gasteiger partial charge in [-0.2, -0.15) is 0 Å². The molecule has 1 heteroatoms. The van der Waals surface area contributed by atoms with Crippen LogP contribution >= 0.6 is 0 Å². The van der Waals surface area contributed by atoms with Crippen molar-refractivity contribution in [2.75, 3.05) is 6.54 Å². The van der Waals surface area contributed by atoms with Crippen molar-refractivity contribution in [2.24, 2.45) is 0 Å². The van der Waals surface area contributed by atoms with E-state index in [2.05, 4.69) is 78.7 Å². The first-order valence-corrected chi connectivity index (χ1v) is 7.90. The Morgan fingerprint density at radius 2 is 1.62 bits per heavy atom. The molecule has 1 atom stereocenters. The van der Waals surface area contributed by atoms with E-state index in [1.165, 1.54) is 17.5 Å². The van der Waals surface area contributed by atoms with E-state index in [0.717, 1.165) is 19.5 Å². The largest absolute Gasteiger partial charge is 0.373 e. The molecule has 2 aromatic carbocycles. The van der Waals surface area contributed by atoms with Crippen molar-refractivity contribution >= 4 is 0 Å². The van der Waals surface area contributed by atoms with Crippen LogP contribution in [0.15, 0.2) is 72.4 Å². The van der Waals surface area contributed by atoms with E-state index in [1.54, 1.807) is 5.57 Å². The zero-order valence-electron chi connectivity index (χ0n) is 12.7. The normalized spacial score (nSPS) is 18.4. The highest BCUT2D eigenvalue weighted by Gasteiger charge is 2.21. The Balaban J connectivity index is 1.76. The Morgan fingerprint density at radius 1 is 0.952 bits per heavy atom. The molecule has 1 aliphatic heterocycles. The summed E-state index contributed by atoms with van der Waals surface area (Å²) >= 11 is 0. The van der Waals surface area contributed by atoms with E-state index >= 15 is 0 Å². The van der Waals surface area contributed by atoms with Crippen molar-refractivity contribution in [1.82, 2.24) is 4.90 Å². The van der Waals surface area contributed by atoms with Crippen molar-refractivity contribution in [3.8, 4) is 0 Å². The van der Waals surface area contributed by atoms with Gasteiger partial charge in [-0.15, -0.1) is 0 Å². The van der Waals surface area contributed by atoms with Gasteiger partial charge < -0.3 is 4.90 Å². The van der Waals surface area contributed by atoms with Crippen LogP contribution < -0.4 is 0 Å². The third kappa shape index (κ3) is 3.36. The fourth-order valence-corrected chi connectivity index (χ4v) is 3.22. The average Bonchev–Trinajstić information content (AvgIpc) is 2.56. The minimum atomic E-state index is 0.600. The molecule has 0 N–H and O–H groups in total. The van der Waals surface area contributed by atoms with Crippen LogP contribution in [0.3, 0.4) is 0 Å². The smallest absolute Gasteiger partial charge is 0.0423 e. The fraction of sp³-hybridized carbons (Fsp3) is 0.300. The monoisotopic (exact) mass is 277 g/mol. The van der Waals surface area contributed by atoms with Gasteiger partial charge in [0.1, 0.15) is 0 Å². The van der Waals surface area contributed by atoms with Crippen LogP contribution in [0.1, 0.15) is 36.8 Å². The molecule has 0 saturated carbocycles. The number of hydrogen-bond acceptors (Lipinski definition) is 1. The van der Waals surface area contributed by atoms with Crippen molar-refractivity contribution in [1.29, 1.82) is 0 Å². The second kappa shape index (κ2) is 6.62. The SMILES string of the molecule is CCC1=CN(Cc2ccccc2)CCC1c1ccccc1. The summed E-state index contributed by atoms with van der Waals surface area (Å²) in [6.07, 6.45) is 4.75. The minimum absolute atomic E-state index is 0.600. The molecule has 0 saturated heterocycles. The molecule has 21 heavy (non-hydrogen) atoms. The number of hydrogen-bond donors (Lipinski definition) is 0. The Labute approximate surface area is 127 Å². The summed E-state index contributed by atoms with van der Waals surface area (Å²) in [7, 11) is 0. The predicted molar refractivity (Wildman–Crippen MR) is 89.0 cm³/mol. The Bertz CT molecular complexity index is 586. The topological polar surface area (TPSA) is 3.24 Å². The molecular weight excluding hydrogens is 254 g/mol. The molecule has 1 unspecified atom stereocenters. The van der Waals surface area contributed by atoms with E-state index in [9.17, 15) is 0 Å². The molecule has 1 heterocycles. The van der Waals surface area contributed by atoms with Crippen molar-refractivity contribution in [3.63, 3.8) is 0 Å². The molecule has 108 valence electrons. The van der Waals surface area contributed by atoms with Crippen LogP contribution in [0.4, 0.5) is 0 Å². The summed E-state index contributed by atoms with van der Waals surface area (Å²) in [6.45, 7) is 4.43. The van der Waals surface area contributed by atoms with Crippen LogP contribution in [0.25, 0.3) is 0 Å². The van der Waals surface area contributed by atoms with Crippen molar-refractivity contribution in [3.05, 3.63) is 83.6 Å². The van der Waals surface area contributed by atoms with E-state index in [-0.39, 0.29) is 0 Å². The highest BCUT2D eigenvalue weighted by molar-refractivity contribution is 5.30. The molecule has 0 aromatic heterocycles. The second-order valence-electron chi connectivity index (χ2n) is 5.77. The van der Waals surface area contributed by atoms with Crippen LogP contribution in [0, 0.1) is 0 Å². The highest BCUT2D eigenvalue weighted by Crippen LogP contribution is 2.34. The molecule has 0 fully saturated rings. The van der Waals surface area contributed by atoms with Gasteiger partial charge >= 0.3 is 0 Å². The zero-order valence-corrected chi connectivity index (χ0v) is 12.7. The number of nitrogens with zero attached hydrogens (tertiary/aromatic N) is 1. The van der Waals surface area contributed by atoms with E-state index in [4.69, 9.17) is 0 Å².